The Kier molecular flexibility index (Phi) is 2.50. The molecule has 1 atom stereocenters. The monoisotopic (exact) mass is 191 g/mol. The van der Waals surface area contributed by atoms with Gasteiger partial charge in [-0.25, -0.2) is 4.99 Å². The van der Waals surface area contributed by atoms with Crippen LogP contribution in [0.4, 0.5) is 0 Å². The molecule has 1 unspecified atom stereocenters. The molecule has 0 radical (unpaired) electrons. The van der Waals surface area contributed by atoms with Gasteiger partial charge in [0.2, 0.25) is 5.90 Å². The summed E-state index contributed by atoms with van der Waals surface area (Å²) in [4.78, 5) is 4.23. The molecule has 0 saturated carbocycles. The minimum atomic E-state index is -0.488. The number of benzene rings is 1. The first kappa shape index (κ1) is 9.21. The first-order valence-electron chi connectivity index (χ1n) is 4.73. The van der Waals surface area contributed by atoms with Crippen molar-refractivity contribution in [1.29, 1.82) is 0 Å². The molecule has 3 heteroatoms. The van der Waals surface area contributed by atoms with Crippen molar-refractivity contribution in [3.8, 4) is 0 Å². The van der Waals surface area contributed by atoms with E-state index in [1.165, 1.54) is 0 Å². The molecule has 1 heterocycles. The van der Waals surface area contributed by atoms with Gasteiger partial charge in [0, 0.05) is 5.56 Å². The summed E-state index contributed by atoms with van der Waals surface area (Å²) in [7, 11) is 0. The molecule has 1 aromatic carbocycles. The van der Waals surface area contributed by atoms with Gasteiger partial charge in [-0.05, 0) is 18.6 Å². The van der Waals surface area contributed by atoms with Gasteiger partial charge in [-0.2, -0.15) is 0 Å². The van der Waals surface area contributed by atoms with Crippen molar-refractivity contribution in [1.82, 2.24) is 0 Å². The van der Waals surface area contributed by atoms with E-state index in [2.05, 4.69) is 4.99 Å². The van der Waals surface area contributed by atoms with E-state index in [4.69, 9.17) is 4.74 Å². The molecule has 1 aliphatic heterocycles. The van der Waals surface area contributed by atoms with Crippen molar-refractivity contribution < 1.29 is 9.84 Å². The molecule has 2 rings (SSSR count). The quantitative estimate of drug-likeness (QED) is 0.770. The zero-order valence-corrected chi connectivity index (χ0v) is 8.10. The summed E-state index contributed by atoms with van der Waals surface area (Å²) < 4.78 is 5.37. The van der Waals surface area contributed by atoms with E-state index in [-0.39, 0.29) is 0 Å². The van der Waals surface area contributed by atoms with E-state index in [1.54, 1.807) is 6.92 Å². The van der Waals surface area contributed by atoms with Crippen molar-refractivity contribution in [2.45, 2.75) is 13.0 Å². The van der Waals surface area contributed by atoms with E-state index in [9.17, 15) is 5.11 Å². The lowest BCUT2D eigenvalue weighted by Gasteiger charge is -2.10. The highest BCUT2D eigenvalue weighted by molar-refractivity contribution is 5.96. The molecule has 0 bridgehead atoms. The van der Waals surface area contributed by atoms with Crippen LogP contribution in [-0.4, -0.2) is 24.2 Å². The standard InChI is InChI=1S/C11H13NO2/c1-8(13)9-4-2-3-5-10(9)11-12-6-7-14-11/h2-5,8,13H,6-7H2,1H3. The van der Waals surface area contributed by atoms with Crippen LogP contribution in [0.5, 0.6) is 0 Å². The molecular formula is C11H13NO2. The van der Waals surface area contributed by atoms with Gasteiger partial charge in [-0.15, -0.1) is 0 Å². The molecule has 14 heavy (non-hydrogen) atoms. The molecule has 1 N–H and O–H groups in total. The maximum absolute atomic E-state index is 9.55. The number of hydrogen-bond acceptors (Lipinski definition) is 3. The lowest BCUT2D eigenvalue weighted by atomic mass is 10.0. The highest BCUT2D eigenvalue weighted by Crippen LogP contribution is 2.19. The fourth-order valence-electron chi connectivity index (χ4n) is 1.55. The zero-order valence-electron chi connectivity index (χ0n) is 8.10. The van der Waals surface area contributed by atoms with Crippen LogP contribution in [0.2, 0.25) is 0 Å². The van der Waals surface area contributed by atoms with E-state index < -0.39 is 6.10 Å². The normalized spacial score (nSPS) is 17.4. The van der Waals surface area contributed by atoms with Gasteiger partial charge in [-0.1, -0.05) is 18.2 Å². The maximum atomic E-state index is 9.55. The predicted molar refractivity (Wildman–Crippen MR) is 54.4 cm³/mol. The number of aliphatic hydroxyl groups is 1. The van der Waals surface area contributed by atoms with Crippen molar-refractivity contribution in [3.05, 3.63) is 35.4 Å². The number of ether oxygens (including phenoxy) is 1. The summed E-state index contributed by atoms with van der Waals surface area (Å²) in [5, 5.41) is 9.55. The fraction of sp³-hybridized carbons (Fsp3) is 0.364. The Morgan fingerprint density at radius 1 is 1.43 bits per heavy atom. The molecule has 74 valence electrons. The summed E-state index contributed by atoms with van der Waals surface area (Å²) in [5.74, 6) is 0.654. The number of nitrogens with zero attached hydrogens (tertiary/aromatic N) is 1. The Morgan fingerprint density at radius 2 is 2.21 bits per heavy atom. The Bertz CT molecular complexity index is 358. The van der Waals surface area contributed by atoms with Gasteiger partial charge >= 0.3 is 0 Å². The van der Waals surface area contributed by atoms with Gasteiger partial charge in [0.25, 0.3) is 0 Å². The average Bonchev–Trinajstić information content (AvgIpc) is 2.70. The number of rotatable bonds is 2. The molecule has 0 aromatic heterocycles. The minimum absolute atomic E-state index is 0.488. The fourth-order valence-corrected chi connectivity index (χ4v) is 1.55. The van der Waals surface area contributed by atoms with E-state index >= 15 is 0 Å². The SMILES string of the molecule is CC(O)c1ccccc1C1=NCCO1. The van der Waals surface area contributed by atoms with Gasteiger partial charge in [0.15, 0.2) is 0 Å². The van der Waals surface area contributed by atoms with Crippen molar-refractivity contribution in [3.63, 3.8) is 0 Å². The van der Waals surface area contributed by atoms with Crippen LogP contribution in [-0.2, 0) is 4.74 Å². The second kappa shape index (κ2) is 3.80. The van der Waals surface area contributed by atoms with E-state index in [0.717, 1.165) is 11.1 Å². The Hall–Kier alpha value is -1.35. The van der Waals surface area contributed by atoms with Crippen LogP contribution in [0, 0.1) is 0 Å². The Morgan fingerprint density at radius 3 is 2.86 bits per heavy atom. The predicted octanol–water partition coefficient (Wildman–Crippen LogP) is 1.52. The third-order valence-corrected chi connectivity index (χ3v) is 2.23. The number of aliphatic imine (C=N–C) groups is 1. The smallest absolute Gasteiger partial charge is 0.216 e. The second-order valence-electron chi connectivity index (χ2n) is 3.30. The first-order valence-corrected chi connectivity index (χ1v) is 4.73. The molecule has 0 fully saturated rings. The van der Waals surface area contributed by atoms with Crippen LogP contribution in [0.25, 0.3) is 0 Å². The molecule has 1 aliphatic rings. The molecule has 0 aliphatic carbocycles. The molecule has 0 amide bonds. The minimum Gasteiger partial charge on any atom is -0.476 e. The van der Waals surface area contributed by atoms with E-state index in [1.807, 2.05) is 24.3 Å². The summed E-state index contributed by atoms with van der Waals surface area (Å²) in [5.41, 5.74) is 1.77. The maximum Gasteiger partial charge on any atom is 0.216 e. The number of hydrogen-bond donors (Lipinski definition) is 1. The van der Waals surface area contributed by atoms with Crippen LogP contribution >= 0.6 is 0 Å². The highest BCUT2D eigenvalue weighted by atomic mass is 16.5. The largest absolute Gasteiger partial charge is 0.476 e. The van der Waals surface area contributed by atoms with Crippen LogP contribution < -0.4 is 0 Å². The molecule has 0 spiro atoms. The summed E-state index contributed by atoms with van der Waals surface area (Å²) in [6.07, 6.45) is -0.488. The Balaban J connectivity index is 2.41. The third-order valence-electron chi connectivity index (χ3n) is 2.23. The van der Waals surface area contributed by atoms with Crippen molar-refractivity contribution >= 4 is 5.90 Å². The van der Waals surface area contributed by atoms with Gasteiger partial charge in [-0.3, -0.25) is 0 Å². The highest BCUT2D eigenvalue weighted by Gasteiger charge is 2.15. The first-order chi connectivity index (χ1) is 6.79. The Labute approximate surface area is 83.1 Å². The van der Waals surface area contributed by atoms with Crippen LogP contribution in [0.15, 0.2) is 29.3 Å². The third kappa shape index (κ3) is 1.63. The van der Waals surface area contributed by atoms with Gasteiger partial charge in [0.05, 0.1) is 12.6 Å². The van der Waals surface area contributed by atoms with Gasteiger partial charge < -0.3 is 9.84 Å². The molecular weight excluding hydrogens is 178 g/mol. The molecule has 1 aromatic rings. The lowest BCUT2D eigenvalue weighted by Crippen LogP contribution is -2.07. The van der Waals surface area contributed by atoms with Crippen molar-refractivity contribution in [2.75, 3.05) is 13.2 Å². The molecule has 3 nitrogen and oxygen atoms in total. The van der Waals surface area contributed by atoms with Crippen molar-refractivity contribution in [2.24, 2.45) is 4.99 Å². The average molecular weight is 191 g/mol. The second-order valence-corrected chi connectivity index (χ2v) is 3.30. The van der Waals surface area contributed by atoms with Crippen LogP contribution in [0.1, 0.15) is 24.2 Å². The van der Waals surface area contributed by atoms with E-state index in [0.29, 0.717) is 19.0 Å². The van der Waals surface area contributed by atoms with Crippen LogP contribution in [0.3, 0.4) is 0 Å². The summed E-state index contributed by atoms with van der Waals surface area (Å²) >= 11 is 0. The van der Waals surface area contributed by atoms with Gasteiger partial charge in [0.1, 0.15) is 6.61 Å². The zero-order chi connectivity index (χ0) is 9.97. The molecule has 0 saturated heterocycles. The summed E-state index contributed by atoms with van der Waals surface area (Å²) in [6, 6.07) is 7.64. The lowest BCUT2D eigenvalue weighted by molar-refractivity contribution is 0.198. The summed E-state index contributed by atoms with van der Waals surface area (Å²) in [6.45, 7) is 3.10. The topological polar surface area (TPSA) is 41.8 Å². The number of aliphatic hydroxyl groups excluding tert-OH is 1.